The molecule has 88 valence electrons. The van der Waals surface area contributed by atoms with Crippen molar-refractivity contribution < 1.29 is 4.74 Å². The van der Waals surface area contributed by atoms with E-state index >= 15 is 0 Å². The predicted molar refractivity (Wildman–Crippen MR) is 65.5 cm³/mol. The topological polar surface area (TPSA) is 47.0 Å². The number of aryl methyl sites for hydroxylation is 1. The number of ether oxygens (including phenoxy) is 1. The smallest absolute Gasteiger partial charge is 0.129 e. The highest BCUT2D eigenvalue weighted by molar-refractivity contribution is 5.34. The lowest BCUT2D eigenvalue weighted by molar-refractivity contribution is 0.167. The van der Waals surface area contributed by atoms with Crippen molar-refractivity contribution in [2.24, 2.45) is 0 Å². The molecule has 16 heavy (non-hydrogen) atoms. The third-order valence-electron chi connectivity index (χ3n) is 1.99. The summed E-state index contributed by atoms with van der Waals surface area (Å²) >= 11 is 0. The number of nitrogens with zero attached hydrogens (tertiary/aromatic N) is 2. The van der Waals surface area contributed by atoms with Crippen LogP contribution in [-0.2, 0) is 11.2 Å². The molecule has 0 unspecified atom stereocenters. The number of rotatable bonds is 7. The number of nitrogens with one attached hydrogen (secondary N) is 1. The van der Waals surface area contributed by atoms with Gasteiger partial charge in [0.05, 0.1) is 13.2 Å². The Bertz CT molecular complexity index is 339. The Morgan fingerprint density at radius 1 is 1.50 bits per heavy atom. The van der Waals surface area contributed by atoms with Crippen molar-refractivity contribution in [2.45, 2.75) is 20.3 Å². The largest absolute Gasteiger partial charge is 0.375 e. The fourth-order valence-corrected chi connectivity index (χ4v) is 1.19. The number of hydrogen-bond donors (Lipinski definition) is 1. The molecule has 1 N–H and O–H groups in total. The normalized spacial score (nSPS) is 10.1. The lowest BCUT2D eigenvalue weighted by atomic mass is 10.3. The minimum atomic E-state index is 0.617. The summed E-state index contributed by atoms with van der Waals surface area (Å²) in [7, 11) is 0. The van der Waals surface area contributed by atoms with Crippen LogP contribution in [-0.4, -0.2) is 29.7 Å². The average molecular weight is 221 g/mol. The summed E-state index contributed by atoms with van der Waals surface area (Å²) in [6.07, 6.45) is 2.50. The first-order valence-electron chi connectivity index (χ1n) is 5.49. The molecule has 4 heteroatoms. The van der Waals surface area contributed by atoms with E-state index in [4.69, 9.17) is 4.74 Å². The van der Waals surface area contributed by atoms with Crippen molar-refractivity contribution in [1.82, 2.24) is 9.97 Å². The quantitative estimate of drug-likeness (QED) is 0.565. The summed E-state index contributed by atoms with van der Waals surface area (Å²) in [5, 5.41) is 3.19. The summed E-state index contributed by atoms with van der Waals surface area (Å²) in [6.45, 7) is 9.80. The van der Waals surface area contributed by atoms with E-state index < -0.39 is 0 Å². The third-order valence-corrected chi connectivity index (χ3v) is 1.99. The van der Waals surface area contributed by atoms with E-state index in [9.17, 15) is 0 Å². The molecule has 1 aromatic rings. The van der Waals surface area contributed by atoms with Gasteiger partial charge in [0.25, 0.3) is 0 Å². The first-order chi connectivity index (χ1) is 7.72. The molecule has 0 saturated heterocycles. The standard InChI is InChI=1S/C12H19N3O/c1-4-11-7-12(15-9-14-11)13-5-6-16-8-10(2)3/h7,9H,2,4-6,8H2,1,3H3,(H,13,14,15). The number of hydrogen-bond acceptors (Lipinski definition) is 4. The average Bonchev–Trinajstić information content (AvgIpc) is 2.28. The van der Waals surface area contributed by atoms with Crippen molar-refractivity contribution >= 4 is 5.82 Å². The fourth-order valence-electron chi connectivity index (χ4n) is 1.19. The molecule has 0 bridgehead atoms. The van der Waals surface area contributed by atoms with Gasteiger partial charge in [-0.3, -0.25) is 0 Å². The molecule has 0 radical (unpaired) electrons. The van der Waals surface area contributed by atoms with Crippen molar-refractivity contribution in [3.05, 3.63) is 30.2 Å². The van der Waals surface area contributed by atoms with Gasteiger partial charge in [0.15, 0.2) is 0 Å². The molecule has 0 aliphatic heterocycles. The van der Waals surface area contributed by atoms with Crippen LogP contribution in [0.2, 0.25) is 0 Å². The molecule has 0 spiro atoms. The first kappa shape index (κ1) is 12.6. The van der Waals surface area contributed by atoms with Gasteiger partial charge in [0.2, 0.25) is 0 Å². The summed E-state index contributed by atoms with van der Waals surface area (Å²) in [5.74, 6) is 0.853. The van der Waals surface area contributed by atoms with Gasteiger partial charge in [-0.1, -0.05) is 19.1 Å². The van der Waals surface area contributed by atoms with Gasteiger partial charge >= 0.3 is 0 Å². The minimum absolute atomic E-state index is 0.617. The Kier molecular flexibility index (Phi) is 5.50. The van der Waals surface area contributed by atoms with Gasteiger partial charge in [-0.2, -0.15) is 0 Å². The van der Waals surface area contributed by atoms with Gasteiger partial charge in [-0.05, 0) is 13.3 Å². The summed E-state index contributed by atoms with van der Waals surface area (Å²) in [5.41, 5.74) is 2.08. The van der Waals surface area contributed by atoms with Crippen LogP contribution < -0.4 is 5.32 Å². The van der Waals surface area contributed by atoms with Crippen molar-refractivity contribution in [2.75, 3.05) is 25.1 Å². The summed E-state index contributed by atoms with van der Waals surface area (Å²) < 4.78 is 5.37. The van der Waals surface area contributed by atoms with Crippen LogP contribution >= 0.6 is 0 Å². The van der Waals surface area contributed by atoms with Crippen LogP contribution in [0.1, 0.15) is 19.5 Å². The molecule has 1 rings (SSSR count). The van der Waals surface area contributed by atoms with Gasteiger partial charge in [-0.25, -0.2) is 9.97 Å². The molecule has 1 heterocycles. The van der Waals surface area contributed by atoms with E-state index in [-0.39, 0.29) is 0 Å². The fraction of sp³-hybridized carbons (Fsp3) is 0.500. The molecule has 0 aliphatic rings. The van der Waals surface area contributed by atoms with Crippen LogP contribution in [0.15, 0.2) is 24.5 Å². The second kappa shape index (κ2) is 6.95. The molecular weight excluding hydrogens is 202 g/mol. The van der Waals surface area contributed by atoms with E-state index in [0.29, 0.717) is 13.2 Å². The van der Waals surface area contributed by atoms with Gasteiger partial charge in [0.1, 0.15) is 12.1 Å². The van der Waals surface area contributed by atoms with Crippen LogP contribution in [0, 0.1) is 0 Å². The maximum atomic E-state index is 5.37. The Balaban J connectivity index is 2.23. The van der Waals surface area contributed by atoms with Crippen molar-refractivity contribution in [3.63, 3.8) is 0 Å². The van der Waals surface area contributed by atoms with E-state index in [1.807, 2.05) is 13.0 Å². The molecule has 0 atom stereocenters. The maximum absolute atomic E-state index is 5.37. The maximum Gasteiger partial charge on any atom is 0.129 e. The molecule has 0 aliphatic carbocycles. The molecule has 0 aromatic carbocycles. The molecule has 0 amide bonds. The van der Waals surface area contributed by atoms with Crippen LogP contribution in [0.5, 0.6) is 0 Å². The van der Waals surface area contributed by atoms with Gasteiger partial charge in [0, 0.05) is 18.3 Å². The lowest BCUT2D eigenvalue weighted by Crippen LogP contribution is -2.11. The lowest BCUT2D eigenvalue weighted by Gasteiger charge is -2.07. The molecule has 0 saturated carbocycles. The summed E-state index contributed by atoms with van der Waals surface area (Å²) in [4.78, 5) is 8.26. The van der Waals surface area contributed by atoms with Gasteiger partial charge in [-0.15, -0.1) is 0 Å². The highest BCUT2D eigenvalue weighted by atomic mass is 16.5. The van der Waals surface area contributed by atoms with E-state index in [0.717, 1.165) is 30.1 Å². The third kappa shape index (κ3) is 4.89. The molecule has 0 fully saturated rings. The van der Waals surface area contributed by atoms with E-state index in [1.165, 1.54) is 0 Å². The highest BCUT2D eigenvalue weighted by Crippen LogP contribution is 2.03. The molecule has 4 nitrogen and oxygen atoms in total. The second-order valence-corrected chi connectivity index (χ2v) is 3.68. The zero-order chi connectivity index (χ0) is 11.8. The van der Waals surface area contributed by atoms with Crippen LogP contribution in [0.3, 0.4) is 0 Å². The molecule has 1 aromatic heterocycles. The molecular formula is C12H19N3O. The van der Waals surface area contributed by atoms with Crippen LogP contribution in [0.4, 0.5) is 5.82 Å². The zero-order valence-corrected chi connectivity index (χ0v) is 9.99. The number of aromatic nitrogens is 2. The van der Waals surface area contributed by atoms with Crippen LogP contribution in [0.25, 0.3) is 0 Å². The Hall–Kier alpha value is -1.42. The number of anilines is 1. The monoisotopic (exact) mass is 221 g/mol. The SMILES string of the molecule is C=C(C)COCCNc1cc(CC)ncn1. The van der Waals surface area contributed by atoms with E-state index in [1.54, 1.807) is 6.33 Å². The van der Waals surface area contributed by atoms with Crippen molar-refractivity contribution in [3.8, 4) is 0 Å². The second-order valence-electron chi connectivity index (χ2n) is 3.68. The van der Waals surface area contributed by atoms with E-state index in [2.05, 4.69) is 28.8 Å². The minimum Gasteiger partial charge on any atom is -0.375 e. The predicted octanol–water partition coefficient (Wildman–Crippen LogP) is 2.04. The zero-order valence-electron chi connectivity index (χ0n) is 9.99. The van der Waals surface area contributed by atoms with Crippen molar-refractivity contribution in [1.29, 1.82) is 0 Å². The Labute approximate surface area is 96.8 Å². The Morgan fingerprint density at radius 3 is 3.00 bits per heavy atom. The first-order valence-corrected chi connectivity index (χ1v) is 5.49. The van der Waals surface area contributed by atoms with Gasteiger partial charge < -0.3 is 10.1 Å². The Morgan fingerprint density at radius 2 is 2.31 bits per heavy atom. The summed E-state index contributed by atoms with van der Waals surface area (Å²) in [6, 6.07) is 1.96. The highest BCUT2D eigenvalue weighted by Gasteiger charge is 1.96.